The summed E-state index contributed by atoms with van der Waals surface area (Å²) in [6.45, 7) is 27.2. The minimum absolute atomic E-state index is 1.37. The second-order valence-electron chi connectivity index (χ2n) is 19.0. The minimum Gasteiger partial charge on any atom is -0.326 e. The standard InChI is InChI=1S/6C10H22.H3O3P/c6*1-3-5-7-9-10-8-6-4-2;1-4(2)3/h6*3-10H2,1-2H3;4H,(H2,1,2,3). The van der Waals surface area contributed by atoms with Crippen molar-refractivity contribution in [2.45, 2.75) is 391 Å². The van der Waals surface area contributed by atoms with Crippen molar-refractivity contribution in [1.29, 1.82) is 0 Å². The molecule has 2 N–H and O–H groups in total. The lowest BCUT2D eigenvalue weighted by Gasteiger charge is -1.97. The Kier molecular flexibility index (Phi) is 114. The summed E-state index contributed by atoms with van der Waals surface area (Å²) in [5.41, 5.74) is 0. The fourth-order valence-corrected chi connectivity index (χ4v) is 7.24. The third-order valence-electron chi connectivity index (χ3n) is 11.7. The van der Waals surface area contributed by atoms with E-state index in [0.29, 0.717) is 0 Å². The van der Waals surface area contributed by atoms with Crippen LogP contribution in [0.5, 0.6) is 0 Å². The van der Waals surface area contributed by atoms with Gasteiger partial charge in [-0.3, -0.25) is 4.57 Å². The maximum Gasteiger partial charge on any atom is 0.314 e. The van der Waals surface area contributed by atoms with Gasteiger partial charge in [0.15, 0.2) is 0 Å². The second kappa shape index (κ2) is 93.2. The Morgan fingerprint density at radius 2 is 0.219 bits per heavy atom. The van der Waals surface area contributed by atoms with Gasteiger partial charge in [0.25, 0.3) is 0 Å². The molecule has 0 bridgehead atoms. The molecule has 0 aromatic rings. The van der Waals surface area contributed by atoms with E-state index >= 15 is 0 Å². The molecule has 0 amide bonds. The predicted octanol–water partition coefficient (Wildman–Crippen LogP) is 24.2. The summed E-state index contributed by atoms with van der Waals surface area (Å²) in [5.74, 6) is 0. The lowest BCUT2D eigenvalue weighted by molar-refractivity contribution is 0.405. The summed E-state index contributed by atoms with van der Waals surface area (Å²) in [5, 5.41) is 0. The van der Waals surface area contributed by atoms with E-state index in [9.17, 15) is 0 Å². The summed E-state index contributed by atoms with van der Waals surface area (Å²) in [4.78, 5) is 14.3. The molecule has 3 nitrogen and oxygen atoms in total. The molecule has 0 aliphatic carbocycles. The Balaban J connectivity index is -0.000000120. The van der Waals surface area contributed by atoms with Crippen molar-refractivity contribution in [3.8, 4) is 0 Å². The Morgan fingerprint density at radius 3 is 0.266 bits per heavy atom. The summed E-state index contributed by atoms with van der Waals surface area (Å²) in [6, 6.07) is 0. The topological polar surface area (TPSA) is 57.5 Å². The zero-order valence-electron chi connectivity index (χ0n) is 47.7. The van der Waals surface area contributed by atoms with Crippen molar-refractivity contribution in [3.05, 3.63) is 0 Å². The molecule has 0 aromatic carbocycles. The zero-order valence-corrected chi connectivity index (χ0v) is 48.7. The normalized spacial score (nSPS) is 10.1. The highest BCUT2D eigenvalue weighted by atomic mass is 31.1. The van der Waals surface area contributed by atoms with E-state index < -0.39 is 8.25 Å². The molecule has 0 saturated heterocycles. The van der Waals surface area contributed by atoms with Gasteiger partial charge in [0.2, 0.25) is 0 Å². The molecule has 0 aromatic heterocycles. The fourth-order valence-electron chi connectivity index (χ4n) is 7.24. The van der Waals surface area contributed by atoms with E-state index in [-0.39, 0.29) is 0 Å². The minimum atomic E-state index is -3.13. The zero-order chi connectivity index (χ0) is 49.5. The van der Waals surface area contributed by atoms with Crippen molar-refractivity contribution in [3.63, 3.8) is 0 Å². The van der Waals surface area contributed by atoms with Crippen LogP contribution in [0.1, 0.15) is 391 Å². The highest BCUT2D eigenvalue weighted by molar-refractivity contribution is 7.30. The van der Waals surface area contributed by atoms with Gasteiger partial charge in [0.1, 0.15) is 0 Å². The molecule has 0 unspecified atom stereocenters. The van der Waals surface area contributed by atoms with Crippen LogP contribution >= 0.6 is 8.25 Å². The van der Waals surface area contributed by atoms with Gasteiger partial charge in [0, 0.05) is 0 Å². The highest BCUT2D eigenvalue weighted by Crippen LogP contribution is 2.11. The molecule has 398 valence electrons. The molecule has 0 radical (unpaired) electrons. The monoisotopic (exact) mass is 935 g/mol. The Labute approximate surface area is 412 Å². The molecule has 64 heavy (non-hydrogen) atoms. The Hall–Kier alpha value is 0.150. The third-order valence-corrected chi connectivity index (χ3v) is 11.7. The highest BCUT2D eigenvalue weighted by Gasteiger charge is 1.92. The smallest absolute Gasteiger partial charge is 0.314 e. The van der Waals surface area contributed by atoms with Crippen molar-refractivity contribution >= 4 is 8.25 Å². The van der Waals surface area contributed by atoms with Crippen LogP contribution in [0.4, 0.5) is 0 Å². The van der Waals surface area contributed by atoms with Crippen LogP contribution in [-0.2, 0) is 4.57 Å². The van der Waals surface area contributed by atoms with Crippen LogP contribution in [-0.4, -0.2) is 9.79 Å². The number of rotatable bonds is 42. The van der Waals surface area contributed by atoms with Crippen LogP contribution in [0.3, 0.4) is 0 Å². The van der Waals surface area contributed by atoms with E-state index in [1.165, 1.54) is 308 Å². The molecular formula is C60H135O3P. The maximum atomic E-state index is 8.74. The van der Waals surface area contributed by atoms with Gasteiger partial charge in [-0.1, -0.05) is 391 Å². The van der Waals surface area contributed by atoms with Gasteiger partial charge >= 0.3 is 8.25 Å². The van der Waals surface area contributed by atoms with Crippen molar-refractivity contribution < 1.29 is 14.4 Å². The average Bonchev–Trinajstić information content (AvgIpc) is 3.29. The summed E-state index contributed by atoms with van der Waals surface area (Å²) in [7, 11) is -3.13. The van der Waals surface area contributed by atoms with E-state index in [1.807, 2.05) is 0 Å². The third kappa shape index (κ3) is 131. The first-order chi connectivity index (χ1) is 31.2. The largest absolute Gasteiger partial charge is 0.326 e. The lowest BCUT2D eigenvalue weighted by atomic mass is 10.1. The molecule has 0 aliphatic rings. The summed E-state index contributed by atoms with van der Waals surface area (Å²) < 4.78 is 8.74. The fraction of sp³-hybridized carbons (Fsp3) is 1.00. The molecule has 0 heterocycles. The molecule has 0 rings (SSSR count). The molecule has 0 saturated carbocycles. The summed E-state index contributed by atoms with van der Waals surface area (Å²) >= 11 is 0. The Bertz CT molecular complexity index is 466. The maximum absolute atomic E-state index is 8.74. The van der Waals surface area contributed by atoms with Crippen LogP contribution in [0, 0.1) is 0 Å². The molecule has 0 atom stereocenters. The first kappa shape index (κ1) is 78.3. The molecule has 0 spiro atoms. The van der Waals surface area contributed by atoms with Crippen LogP contribution in [0.2, 0.25) is 0 Å². The van der Waals surface area contributed by atoms with Crippen LogP contribution in [0.25, 0.3) is 0 Å². The second-order valence-corrected chi connectivity index (χ2v) is 19.6. The number of hydrogen-bond donors (Lipinski definition) is 2. The first-order valence-electron chi connectivity index (χ1n) is 30.1. The van der Waals surface area contributed by atoms with Gasteiger partial charge in [-0.05, 0) is 0 Å². The Morgan fingerprint density at radius 1 is 0.172 bits per heavy atom. The van der Waals surface area contributed by atoms with E-state index in [1.54, 1.807) is 0 Å². The van der Waals surface area contributed by atoms with E-state index in [0.717, 1.165) is 0 Å². The molecule has 0 fully saturated rings. The molecular weight excluding hydrogens is 800 g/mol. The number of hydrogen-bond acceptors (Lipinski definition) is 1. The van der Waals surface area contributed by atoms with Crippen LogP contribution < -0.4 is 0 Å². The van der Waals surface area contributed by atoms with Gasteiger partial charge < -0.3 is 9.79 Å². The van der Waals surface area contributed by atoms with Crippen molar-refractivity contribution in [1.82, 2.24) is 0 Å². The SMILES string of the molecule is CCCCCCCCCC.CCCCCCCCCC.CCCCCCCCCC.CCCCCCCCCC.CCCCCCCCCC.CCCCCCCCCC.O=[PH](O)O. The quantitative estimate of drug-likeness (QED) is 0.0474. The van der Waals surface area contributed by atoms with E-state index in [4.69, 9.17) is 14.4 Å². The van der Waals surface area contributed by atoms with Gasteiger partial charge in [-0.25, -0.2) is 0 Å². The van der Waals surface area contributed by atoms with Crippen molar-refractivity contribution in [2.75, 3.05) is 0 Å². The average molecular weight is 936 g/mol. The first-order valence-corrected chi connectivity index (χ1v) is 31.4. The van der Waals surface area contributed by atoms with E-state index in [2.05, 4.69) is 83.1 Å². The van der Waals surface area contributed by atoms with Crippen molar-refractivity contribution in [2.24, 2.45) is 0 Å². The molecule has 4 heteroatoms. The molecule has 0 aliphatic heterocycles. The van der Waals surface area contributed by atoms with Gasteiger partial charge in [-0.15, -0.1) is 0 Å². The summed E-state index contributed by atoms with van der Waals surface area (Å²) in [6.07, 6.45) is 68.8. The van der Waals surface area contributed by atoms with Crippen LogP contribution in [0.15, 0.2) is 0 Å². The van der Waals surface area contributed by atoms with Gasteiger partial charge in [0.05, 0.1) is 0 Å². The predicted molar refractivity (Wildman–Crippen MR) is 303 cm³/mol. The number of unbranched alkanes of at least 4 members (excludes halogenated alkanes) is 42. The van der Waals surface area contributed by atoms with Gasteiger partial charge in [-0.2, -0.15) is 0 Å². The lowest BCUT2D eigenvalue weighted by Crippen LogP contribution is -1.77.